The van der Waals surface area contributed by atoms with Crippen molar-refractivity contribution in [1.29, 1.82) is 0 Å². The summed E-state index contributed by atoms with van der Waals surface area (Å²) in [4.78, 5) is 16.7. The molecule has 2 aromatic rings. The van der Waals surface area contributed by atoms with Crippen molar-refractivity contribution in [2.24, 2.45) is 0 Å². The number of anilines is 1. The van der Waals surface area contributed by atoms with E-state index in [1.165, 1.54) is 0 Å². The topological polar surface area (TPSA) is 32.3 Å². The first-order valence-electron chi connectivity index (χ1n) is 7.83. The molecule has 6 heteroatoms. The second kappa shape index (κ2) is 8.81. The number of hydrogen-bond donors (Lipinski definition) is 1. The van der Waals surface area contributed by atoms with Crippen molar-refractivity contribution in [3.63, 3.8) is 0 Å². The van der Waals surface area contributed by atoms with Gasteiger partial charge in [0.2, 0.25) is 5.91 Å². The van der Waals surface area contributed by atoms with Gasteiger partial charge in [-0.2, -0.15) is 11.8 Å². The van der Waals surface area contributed by atoms with Gasteiger partial charge in [-0.05, 0) is 36.4 Å². The van der Waals surface area contributed by atoms with Crippen LogP contribution in [-0.2, 0) is 4.79 Å². The maximum Gasteiger partial charge on any atom is 0.238 e. The average Bonchev–Trinajstić information content (AvgIpc) is 2.59. The fourth-order valence-corrected chi connectivity index (χ4v) is 4.45. The maximum atomic E-state index is 12.3. The average molecular weight is 379 g/mol. The summed E-state index contributed by atoms with van der Waals surface area (Å²) in [7, 11) is 0. The zero-order chi connectivity index (χ0) is 16.8. The standard InChI is InChI=1S/C18H19ClN2OS2/c19-14-5-7-15(8-6-14)24-17-4-2-1-3-16(17)20-18(22)13-21-9-11-23-12-10-21/h1-8H,9-13H2,(H,20,22). The maximum absolute atomic E-state index is 12.3. The summed E-state index contributed by atoms with van der Waals surface area (Å²) in [6.45, 7) is 2.43. The molecule has 1 N–H and O–H groups in total. The molecule has 0 bridgehead atoms. The predicted molar refractivity (Wildman–Crippen MR) is 104 cm³/mol. The molecule has 0 aromatic heterocycles. The molecular formula is C18H19ClN2OS2. The lowest BCUT2D eigenvalue weighted by Crippen LogP contribution is -2.38. The lowest BCUT2D eigenvalue weighted by Gasteiger charge is -2.25. The van der Waals surface area contributed by atoms with Crippen LogP contribution in [0.15, 0.2) is 58.3 Å². The number of hydrogen-bond acceptors (Lipinski definition) is 4. The zero-order valence-corrected chi connectivity index (χ0v) is 15.6. The molecular weight excluding hydrogens is 360 g/mol. The quantitative estimate of drug-likeness (QED) is 0.831. The van der Waals surface area contributed by atoms with Crippen molar-refractivity contribution < 1.29 is 4.79 Å². The lowest BCUT2D eigenvalue weighted by molar-refractivity contribution is -0.117. The minimum atomic E-state index is 0.0473. The Bertz CT molecular complexity index is 688. The molecule has 1 amide bonds. The Labute approximate surface area is 156 Å². The van der Waals surface area contributed by atoms with E-state index in [0.717, 1.165) is 45.1 Å². The second-order valence-electron chi connectivity index (χ2n) is 5.49. The molecule has 3 nitrogen and oxygen atoms in total. The molecule has 126 valence electrons. The van der Waals surface area contributed by atoms with Crippen LogP contribution in [0, 0.1) is 0 Å². The number of benzene rings is 2. The number of halogens is 1. The van der Waals surface area contributed by atoms with E-state index in [-0.39, 0.29) is 5.91 Å². The van der Waals surface area contributed by atoms with Gasteiger partial charge >= 0.3 is 0 Å². The van der Waals surface area contributed by atoms with Gasteiger partial charge in [-0.1, -0.05) is 35.5 Å². The number of nitrogens with one attached hydrogen (secondary N) is 1. The van der Waals surface area contributed by atoms with Gasteiger partial charge in [0, 0.05) is 39.4 Å². The summed E-state index contributed by atoms with van der Waals surface area (Å²) in [6.07, 6.45) is 0. The van der Waals surface area contributed by atoms with Crippen molar-refractivity contribution in [3.8, 4) is 0 Å². The van der Waals surface area contributed by atoms with Crippen molar-refractivity contribution in [2.75, 3.05) is 36.5 Å². The van der Waals surface area contributed by atoms with Crippen molar-refractivity contribution >= 4 is 46.7 Å². The van der Waals surface area contributed by atoms with E-state index in [4.69, 9.17) is 11.6 Å². The fraction of sp³-hybridized carbons (Fsp3) is 0.278. The molecule has 0 unspecified atom stereocenters. The van der Waals surface area contributed by atoms with Gasteiger partial charge in [-0.15, -0.1) is 0 Å². The number of carbonyl (C=O) groups is 1. The molecule has 1 aliphatic rings. The first kappa shape index (κ1) is 17.7. The fourth-order valence-electron chi connectivity index (χ4n) is 2.44. The highest BCUT2D eigenvalue weighted by Gasteiger charge is 2.15. The van der Waals surface area contributed by atoms with Crippen LogP contribution in [0.2, 0.25) is 5.02 Å². The molecule has 0 atom stereocenters. The monoisotopic (exact) mass is 378 g/mol. The summed E-state index contributed by atoms with van der Waals surface area (Å²) >= 11 is 9.50. The smallest absolute Gasteiger partial charge is 0.238 e. The molecule has 0 saturated carbocycles. The Kier molecular flexibility index (Phi) is 6.49. The highest BCUT2D eigenvalue weighted by Crippen LogP contribution is 2.33. The molecule has 0 aliphatic carbocycles. The van der Waals surface area contributed by atoms with E-state index in [9.17, 15) is 4.79 Å². The molecule has 1 heterocycles. The van der Waals surface area contributed by atoms with Gasteiger partial charge in [0.15, 0.2) is 0 Å². The Morgan fingerprint density at radius 2 is 1.83 bits per heavy atom. The zero-order valence-electron chi connectivity index (χ0n) is 13.2. The van der Waals surface area contributed by atoms with E-state index in [2.05, 4.69) is 10.2 Å². The molecule has 3 rings (SSSR count). The van der Waals surface area contributed by atoms with Gasteiger partial charge in [0.25, 0.3) is 0 Å². The third-order valence-electron chi connectivity index (χ3n) is 3.67. The largest absolute Gasteiger partial charge is 0.324 e. The first-order chi connectivity index (χ1) is 11.7. The summed E-state index contributed by atoms with van der Waals surface area (Å²) in [5, 5.41) is 3.78. The number of carbonyl (C=O) groups excluding carboxylic acids is 1. The first-order valence-corrected chi connectivity index (χ1v) is 10.2. The summed E-state index contributed by atoms with van der Waals surface area (Å²) in [5.41, 5.74) is 0.855. The van der Waals surface area contributed by atoms with Gasteiger partial charge in [-0.25, -0.2) is 0 Å². The Morgan fingerprint density at radius 1 is 1.12 bits per heavy atom. The van der Waals surface area contributed by atoms with Crippen molar-refractivity contribution in [1.82, 2.24) is 4.90 Å². The van der Waals surface area contributed by atoms with Crippen LogP contribution >= 0.6 is 35.1 Å². The molecule has 0 radical (unpaired) electrons. The molecule has 1 fully saturated rings. The lowest BCUT2D eigenvalue weighted by atomic mass is 10.3. The molecule has 24 heavy (non-hydrogen) atoms. The highest BCUT2D eigenvalue weighted by atomic mass is 35.5. The molecule has 2 aromatic carbocycles. The van der Waals surface area contributed by atoms with E-state index in [1.54, 1.807) is 11.8 Å². The minimum absolute atomic E-state index is 0.0473. The van der Waals surface area contributed by atoms with Gasteiger partial charge in [0.05, 0.1) is 12.2 Å². The second-order valence-corrected chi connectivity index (χ2v) is 8.27. The summed E-state index contributed by atoms with van der Waals surface area (Å²) in [5.74, 6) is 2.26. The van der Waals surface area contributed by atoms with Crippen LogP contribution in [0.25, 0.3) is 0 Å². The predicted octanol–water partition coefficient (Wildman–Crippen LogP) is 4.48. The number of para-hydroxylation sites is 1. The summed E-state index contributed by atoms with van der Waals surface area (Å²) in [6, 6.07) is 15.6. The van der Waals surface area contributed by atoms with Crippen molar-refractivity contribution in [2.45, 2.75) is 9.79 Å². The molecule has 0 spiro atoms. The van der Waals surface area contributed by atoms with E-state index in [0.29, 0.717) is 6.54 Å². The minimum Gasteiger partial charge on any atom is -0.324 e. The van der Waals surface area contributed by atoms with Crippen LogP contribution < -0.4 is 5.32 Å². The van der Waals surface area contributed by atoms with Crippen molar-refractivity contribution in [3.05, 3.63) is 53.6 Å². The summed E-state index contributed by atoms with van der Waals surface area (Å²) < 4.78 is 0. The van der Waals surface area contributed by atoms with E-state index in [1.807, 2.05) is 60.3 Å². The third-order valence-corrected chi connectivity index (χ3v) is 5.95. The van der Waals surface area contributed by atoms with Gasteiger partial charge < -0.3 is 5.32 Å². The number of amides is 1. The number of thioether (sulfide) groups is 1. The van der Waals surface area contributed by atoms with Crippen LogP contribution in [0.4, 0.5) is 5.69 Å². The van der Waals surface area contributed by atoms with Crippen LogP contribution in [-0.4, -0.2) is 41.9 Å². The normalized spacial score (nSPS) is 15.2. The molecule has 1 saturated heterocycles. The molecule has 1 aliphatic heterocycles. The Morgan fingerprint density at radius 3 is 2.58 bits per heavy atom. The number of nitrogens with zero attached hydrogens (tertiary/aromatic N) is 1. The van der Waals surface area contributed by atoms with Crippen LogP contribution in [0.1, 0.15) is 0 Å². The Balaban J connectivity index is 1.64. The van der Waals surface area contributed by atoms with E-state index < -0.39 is 0 Å². The number of rotatable bonds is 5. The van der Waals surface area contributed by atoms with Crippen LogP contribution in [0.3, 0.4) is 0 Å². The van der Waals surface area contributed by atoms with E-state index >= 15 is 0 Å². The Hall–Kier alpha value is -1.14. The highest BCUT2D eigenvalue weighted by molar-refractivity contribution is 7.99. The van der Waals surface area contributed by atoms with Crippen LogP contribution in [0.5, 0.6) is 0 Å². The van der Waals surface area contributed by atoms with Gasteiger partial charge in [-0.3, -0.25) is 9.69 Å². The SMILES string of the molecule is O=C(CN1CCSCC1)Nc1ccccc1Sc1ccc(Cl)cc1. The van der Waals surface area contributed by atoms with Gasteiger partial charge in [0.1, 0.15) is 0 Å². The third kappa shape index (κ3) is 5.18.